The molecule has 0 saturated carbocycles. The quantitative estimate of drug-likeness (QED) is 0.396. The monoisotopic (exact) mass is 396 g/mol. The maximum Gasteiger partial charge on any atom is 0.360 e. The third-order valence-corrected chi connectivity index (χ3v) is 4.16. The molecule has 0 aliphatic heterocycles. The first kappa shape index (κ1) is 19.7. The molecule has 148 valence electrons. The first-order chi connectivity index (χ1) is 13.8. The number of aryl methyl sites for hydroxylation is 1. The van der Waals surface area contributed by atoms with Crippen LogP contribution < -0.4 is 10.9 Å². The first-order valence-corrected chi connectivity index (χ1v) is 8.51. The van der Waals surface area contributed by atoms with Crippen molar-refractivity contribution < 1.29 is 19.2 Å². The lowest BCUT2D eigenvalue weighted by Gasteiger charge is -2.14. The predicted molar refractivity (Wildman–Crippen MR) is 104 cm³/mol. The molecule has 0 spiro atoms. The summed E-state index contributed by atoms with van der Waals surface area (Å²) in [7, 11) is 1.40. The van der Waals surface area contributed by atoms with Crippen LogP contribution in [-0.2, 0) is 16.6 Å². The molecule has 0 aliphatic carbocycles. The van der Waals surface area contributed by atoms with Gasteiger partial charge in [0.15, 0.2) is 11.8 Å². The van der Waals surface area contributed by atoms with E-state index in [1.54, 1.807) is 24.3 Å². The van der Waals surface area contributed by atoms with Gasteiger partial charge in [-0.3, -0.25) is 19.7 Å². The molecule has 10 nitrogen and oxygen atoms in total. The zero-order chi connectivity index (χ0) is 21.1. The number of nitro groups is 1. The first-order valence-electron chi connectivity index (χ1n) is 8.51. The van der Waals surface area contributed by atoms with Crippen LogP contribution in [0.3, 0.4) is 0 Å². The Morgan fingerprint density at radius 2 is 1.76 bits per heavy atom. The van der Waals surface area contributed by atoms with Crippen molar-refractivity contribution in [1.29, 1.82) is 0 Å². The number of anilines is 1. The molecule has 1 atom stereocenters. The number of carbonyl (C=O) groups excluding carboxylic acids is 2. The number of rotatable bonds is 5. The maximum absolute atomic E-state index is 12.6. The topological polar surface area (TPSA) is 133 Å². The highest BCUT2D eigenvalue weighted by Gasteiger charge is 2.24. The van der Waals surface area contributed by atoms with Gasteiger partial charge in [-0.25, -0.2) is 9.48 Å². The summed E-state index contributed by atoms with van der Waals surface area (Å²) in [6.45, 7) is 1.33. The van der Waals surface area contributed by atoms with Crippen molar-refractivity contribution >= 4 is 34.0 Å². The van der Waals surface area contributed by atoms with E-state index in [-0.39, 0.29) is 28.0 Å². The van der Waals surface area contributed by atoms with Crippen LogP contribution in [0, 0.1) is 10.1 Å². The summed E-state index contributed by atoms with van der Waals surface area (Å²) in [5, 5.41) is 18.0. The minimum absolute atomic E-state index is 0.0175. The second-order valence-corrected chi connectivity index (χ2v) is 6.13. The van der Waals surface area contributed by atoms with Crippen LogP contribution in [0.25, 0.3) is 10.8 Å². The van der Waals surface area contributed by atoms with E-state index in [2.05, 4.69) is 10.4 Å². The van der Waals surface area contributed by atoms with Gasteiger partial charge in [0, 0.05) is 18.5 Å². The smallest absolute Gasteiger partial charge is 0.360 e. The van der Waals surface area contributed by atoms with Crippen LogP contribution in [0.4, 0.5) is 11.4 Å². The normalized spacial score (nSPS) is 11.7. The second kappa shape index (κ2) is 7.89. The van der Waals surface area contributed by atoms with Gasteiger partial charge in [0.25, 0.3) is 17.2 Å². The van der Waals surface area contributed by atoms with Crippen LogP contribution in [0.15, 0.2) is 53.3 Å². The van der Waals surface area contributed by atoms with Crippen molar-refractivity contribution in [2.75, 3.05) is 5.32 Å². The Labute approximate surface area is 163 Å². The van der Waals surface area contributed by atoms with Crippen molar-refractivity contribution in [2.24, 2.45) is 7.05 Å². The number of ether oxygens (including phenoxy) is 1. The van der Waals surface area contributed by atoms with Gasteiger partial charge >= 0.3 is 5.97 Å². The van der Waals surface area contributed by atoms with Crippen LogP contribution >= 0.6 is 0 Å². The van der Waals surface area contributed by atoms with E-state index in [1.165, 1.54) is 38.2 Å². The molecule has 1 aromatic heterocycles. The number of esters is 1. The van der Waals surface area contributed by atoms with Crippen molar-refractivity contribution in [1.82, 2.24) is 9.78 Å². The summed E-state index contributed by atoms with van der Waals surface area (Å²) in [4.78, 5) is 47.5. The molecule has 1 N–H and O–H groups in total. The highest BCUT2D eigenvalue weighted by atomic mass is 16.6. The zero-order valence-electron chi connectivity index (χ0n) is 15.5. The summed E-state index contributed by atoms with van der Waals surface area (Å²) in [5.41, 5.74) is -0.798. The highest BCUT2D eigenvalue weighted by Crippen LogP contribution is 2.23. The van der Waals surface area contributed by atoms with E-state index < -0.39 is 22.9 Å². The number of hydrogen-bond donors (Lipinski definition) is 1. The van der Waals surface area contributed by atoms with E-state index in [4.69, 9.17) is 4.74 Å². The number of hydrogen-bond acceptors (Lipinski definition) is 7. The lowest BCUT2D eigenvalue weighted by Crippen LogP contribution is -2.31. The lowest BCUT2D eigenvalue weighted by atomic mass is 10.1. The molecule has 10 heteroatoms. The molecule has 1 unspecified atom stereocenters. The average Bonchev–Trinajstić information content (AvgIpc) is 2.70. The van der Waals surface area contributed by atoms with Gasteiger partial charge < -0.3 is 10.1 Å². The van der Waals surface area contributed by atoms with Gasteiger partial charge in [0.1, 0.15) is 5.69 Å². The van der Waals surface area contributed by atoms with E-state index in [1.807, 2.05) is 0 Å². The molecule has 1 heterocycles. The Balaban J connectivity index is 1.82. The molecular formula is C19H16N4O6. The van der Waals surface area contributed by atoms with Crippen LogP contribution in [0.1, 0.15) is 17.4 Å². The average molecular weight is 396 g/mol. The lowest BCUT2D eigenvalue weighted by molar-refractivity contribution is -0.383. The Bertz CT molecular complexity index is 1190. The van der Waals surface area contributed by atoms with Gasteiger partial charge in [0.05, 0.1) is 10.3 Å². The molecule has 0 bridgehead atoms. The zero-order valence-corrected chi connectivity index (χ0v) is 15.5. The number of carbonyl (C=O) groups is 2. The van der Waals surface area contributed by atoms with E-state index >= 15 is 0 Å². The van der Waals surface area contributed by atoms with Crippen LogP contribution in [0.2, 0.25) is 0 Å². The van der Waals surface area contributed by atoms with E-state index in [0.717, 1.165) is 4.68 Å². The number of aromatic nitrogens is 2. The standard InChI is InChI=1S/C19H16N4O6/c1-11(17(24)20-14-9-5-6-10-15(14)23(27)28)29-19(26)16-12-7-3-4-8-13(12)18(25)22(2)21-16/h3-11H,1-2H3,(H,20,24). The van der Waals surface area contributed by atoms with E-state index in [9.17, 15) is 24.5 Å². The van der Waals surface area contributed by atoms with Crippen molar-refractivity contribution in [3.8, 4) is 0 Å². The number of fused-ring (bicyclic) bond motifs is 1. The fourth-order valence-corrected chi connectivity index (χ4v) is 2.69. The minimum Gasteiger partial charge on any atom is -0.448 e. The van der Waals surface area contributed by atoms with Gasteiger partial charge in [-0.05, 0) is 19.1 Å². The van der Waals surface area contributed by atoms with Gasteiger partial charge in [-0.1, -0.05) is 30.3 Å². The molecule has 0 aliphatic rings. The maximum atomic E-state index is 12.6. The largest absolute Gasteiger partial charge is 0.448 e. The molecule has 1 amide bonds. The summed E-state index contributed by atoms with van der Waals surface area (Å²) >= 11 is 0. The summed E-state index contributed by atoms with van der Waals surface area (Å²) in [5.74, 6) is -1.65. The Morgan fingerprint density at radius 3 is 2.45 bits per heavy atom. The predicted octanol–water partition coefficient (Wildman–Crippen LogP) is 2.03. The summed E-state index contributed by atoms with van der Waals surface area (Å²) in [6.07, 6.45) is -1.26. The molecule has 0 saturated heterocycles. The third-order valence-electron chi connectivity index (χ3n) is 4.16. The van der Waals surface area contributed by atoms with E-state index in [0.29, 0.717) is 5.39 Å². The number of para-hydroxylation sites is 2. The van der Waals surface area contributed by atoms with Gasteiger partial charge in [-0.2, -0.15) is 5.10 Å². The van der Waals surface area contributed by atoms with Crippen molar-refractivity contribution in [3.63, 3.8) is 0 Å². The Hall–Kier alpha value is -4.08. The van der Waals surface area contributed by atoms with Crippen LogP contribution in [0.5, 0.6) is 0 Å². The summed E-state index contributed by atoms with van der Waals surface area (Å²) in [6, 6.07) is 12.0. The molecule has 29 heavy (non-hydrogen) atoms. The minimum atomic E-state index is -1.26. The number of benzene rings is 2. The Morgan fingerprint density at radius 1 is 1.14 bits per heavy atom. The van der Waals surface area contributed by atoms with Gasteiger partial charge in [0.2, 0.25) is 0 Å². The fraction of sp³-hybridized carbons (Fsp3) is 0.158. The SMILES string of the molecule is CC(OC(=O)c1nn(C)c(=O)c2ccccc12)C(=O)Nc1ccccc1[N+](=O)[O-]. The second-order valence-electron chi connectivity index (χ2n) is 6.13. The third kappa shape index (κ3) is 3.95. The molecule has 2 aromatic carbocycles. The summed E-state index contributed by atoms with van der Waals surface area (Å²) < 4.78 is 6.19. The molecular weight excluding hydrogens is 380 g/mol. The molecule has 0 fully saturated rings. The Kier molecular flexibility index (Phi) is 5.35. The number of nitro benzene ring substituents is 1. The van der Waals surface area contributed by atoms with Gasteiger partial charge in [-0.15, -0.1) is 0 Å². The van der Waals surface area contributed by atoms with Crippen molar-refractivity contribution in [3.05, 3.63) is 74.7 Å². The van der Waals surface area contributed by atoms with Crippen molar-refractivity contribution in [2.45, 2.75) is 13.0 Å². The fourth-order valence-electron chi connectivity index (χ4n) is 2.69. The molecule has 3 rings (SSSR count). The molecule has 0 radical (unpaired) electrons. The van der Waals surface area contributed by atoms with Crippen LogP contribution in [-0.4, -0.2) is 32.7 Å². The number of nitrogens with zero attached hydrogens (tertiary/aromatic N) is 3. The highest BCUT2D eigenvalue weighted by molar-refractivity contribution is 6.04. The number of nitrogens with one attached hydrogen (secondary N) is 1. The molecule has 3 aromatic rings. The number of amides is 1.